The van der Waals surface area contributed by atoms with Gasteiger partial charge < -0.3 is 10.6 Å². The lowest BCUT2D eigenvalue weighted by Crippen LogP contribution is -2.35. The van der Waals surface area contributed by atoms with Crippen LogP contribution in [0.25, 0.3) is 0 Å². The Labute approximate surface area is 199 Å². The molecular weight excluding hydrogens is 456 g/mol. The molecule has 2 N–H and O–H groups in total. The molecule has 1 heterocycles. The third kappa shape index (κ3) is 5.07. The van der Waals surface area contributed by atoms with E-state index in [1.54, 1.807) is 0 Å². The molecule has 0 aliphatic carbocycles. The van der Waals surface area contributed by atoms with Crippen LogP contribution in [0.15, 0.2) is 82.6 Å². The van der Waals surface area contributed by atoms with Gasteiger partial charge in [-0.2, -0.15) is 0 Å². The van der Waals surface area contributed by atoms with Crippen LogP contribution in [0, 0.1) is 10.1 Å². The van der Waals surface area contributed by atoms with E-state index in [9.17, 15) is 24.5 Å². The lowest BCUT2D eigenvalue weighted by molar-refractivity contribution is -0.384. The number of amides is 4. The zero-order valence-corrected chi connectivity index (χ0v) is 18.7. The van der Waals surface area contributed by atoms with Gasteiger partial charge in [-0.3, -0.25) is 24.6 Å². The first-order valence-electron chi connectivity index (χ1n) is 10.5. The van der Waals surface area contributed by atoms with Crippen LogP contribution in [0.2, 0.25) is 0 Å². The number of hydrogen-bond acceptors (Lipinski definition) is 6. The molecular formula is C24H20N4O5S. The third-order valence-electron chi connectivity index (χ3n) is 5.12. The molecule has 0 unspecified atom stereocenters. The maximum absolute atomic E-state index is 12.5. The number of urea groups is 1. The van der Waals surface area contributed by atoms with Crippen LogP contribution in [0.1, 0.15) is 27.1 Å². The SMILES string of the molecule is O=C(NCCCN1C(=O)c2ccc([N+](=O)[O-])cc2C1=O)Nc1ccccc1Sc1ccccc1. The number of anilines is 1. The molecule has 0 atom stereocenters. The number of hydrogen-bond donors (Lipinski definition) is 2. The van der Waals surface area contributed by atoms with Crippen molar-refractivity contribution in [1.29, 1.82) is 0 Å². The average molecular weight is 477 g/mol. The van der Waals surface area contributed by atoms with Crippen molar-refractivity contribution in [3.63, 3.8) is 0 Å². The molecule has 0 spiro atoms. The largest absolute Gasteiger partial charge is 0.338 e. The molecule has 34 heavy (non-hydrogen) atoms. The molecule has 0 fully saturated rings. The Bertz CT molecular complexity index is 1270. The van der Waals surface area contributed by atoms with Crippen molar-refractivity contribution in [3.05, 3.63) is 94.0 Å². The highest BCUT2D eigenvalue weighted by Gasteiger charge is 2.36. The number of nitrogens with one attached hydrogen (secondary N) is 2. The number of non-ortho nitro benzene ring substituents is 1. The minimum atomic E-state index is -0.611. The molecule has 4 rings (SSSR count). The highest BCUT2D eigenvalue weighted by molar-refractivity contribution is 7.99. The summed E-state index contributed by atoms with van der Waals surface area (Å²) in [5.74, 6) is -1.06. The van der Waals surface area contributed by atoms with Crippen molar-refractivity contribution in [3.8, 4) is 0 Å². The number of nitro benzene ring substituents is 1. The Hall–Kier alpha value is -4.18. The van der Waals surface area contributed by atoms with E-state index in [2.05, 4.69) is 10.6 Å². The monoisotopic (exact) mass is 476 g/mol. The Kier molecular flexibility index (Phi) is 6.88. The summed E-state index contributed by atoms with van der Waals surface area (Å²) >= 11 is 1.53. The summed E-state index contributed by atoms with van der Waals surface area (Å²) in [6, 6.07) is 20.5. The molecule has 0 saturated heterocycles. The van der Waals surface area contributed by atoms with E-state index in [0.29, 0.717) is 12.1 Å². The van der Waals surface area contributed by atoms with E-state index in [4.69, 9.17) is 0 Å². The highest BCUT2D eigenvalue weighted by Crippen LogP contribution is 2.33. The molecule has 0 aromatic heterocycles. The van der Waals surface area contributed by atoms with E-state index in [1.165, 1.54) is 23.9 Å². The van der Waals surface area contributed by atoms with E-state index >= 15 is 0 Å². The van der Waals surface area contributed by atoms with E-state index in [1.807, 2.05) is 54.6 Å². The van der Waals surface area contributed by atoms with Gasteiger partial charge in [-0.1, -0.05) is 42.1 Å². The van der Waals surface area contributed by atoms with Crippen LogP contribution in [0.3, 0.4) is 0 Å². The normalized spacial score (nSPS) is 12.4. The molecule has 172 valence electrons. The fraction of sp³-hybridized carbons (Fsp3) is 0.125. The second-order valence-corrected chi connectivity index (χ2v) is 8.51. The number of benzene rings is 3. The second kappa shape index (κ2) is 10.2. The number of carbonyl (C=O) groups excluding carboxylic acids is 3. The minimum Gasteiger partial charge on any atom is -0.338 e. The number of nitro groups is 1. The number of para-hydroxylation sites is 1. The maximum atomic E-state index is 12.5. The van der Waals surface area contributed by atoms with Crippen molar-refractivity contribution in [2.75, 3.05) is 18.4 Å². The van der Waals surface area contributed by atoms with Crippen LogP contribution in [-0.2, 0) is 0 Å². The summed E-state index contributed by atoms with van der Waals surface area (Å²) in [5, 5.41) is 16.5. The first-order valence-corrected chi connectivity index (χ1v) is 11.3. The molecule has 1 aliphatic rings. The molecule has 3 aromatic carbocycles. The van der Waals surface area contributed by atoms with Gasteiger partial charge in [0.25, 0.3) is 17.5 Å². The Balaban J connectivity index is 1.29. The number of imide groups is 1. The standard InChI is InChI=1S/C24H20N4O5S/c29-22-18-12-11-16(28(32)33)15-19(18)23(30)27(22)14-6-13-25-24(31)26-20-9-4-5-10-21(20)34-17-7-2-1-3-8-17/h1-5,7-12,15H,6,13-14H2,(H2,25,26,31). The summed E-state index contributed by atoms with van der Waals surface area (Å²) < 4.78 is 0. The molecule has 10 heteroatoms. The van der Waals surface area contributed by atoms with E-state index in [0.717, 1.165) is 20.8 Å². The molecule has 9 nitrogen and oxygen atoms in total. The van der Waals surface area contributed by atoms with Crippen LogP contribution < -0.4 is 10.6 Å². The predicted octanol–water partition coefficient (Wildman–Crippen LogP) is 4.55. The Morgan fingerprint density at radius 1 is 0.941 bits per heavy atom. The van der Waals surface area contributed by atoms with Gasteiger partial charge in [-0.25, -0.2) is 4.79 Å². The van der Waals surface area contributed by atoms with Gasteiger partial charge in [0.2, 0.25) is 0 Å². The molecule has 0 bridgehead atoms. The second-order valence-electron chi connectivity index (χ2n) is 7.39. The number of carbonyl (C=O) groups is 3. The number of fused-ring (bicyclic) bond motifs is 1. The summed E-state index contributed by atoms with van der Waals surface area (Å²) in [6.45, 7) is 0.314. The fourth-order valence-corrected chi connectivity index (χ4v) is 4.40. The lowest BCUT2D eigenvalue weighted by atomic mass is 10.1. The molecule has 0 saturated carbocycles. The van der Waals surface area contributed by atoms with Crippen molar-refractivity contribution in [2.24, 2.45) is 0 Å². The van der Waals surface area contributed by atoms with E-state index in [-0.39, 0.29) is 29.9 Å². The summed E-state index contributed by atoms with van der Waals surface area (Å²) in [5.41, 5.74) is 0.591. The fourth-order valence-electron chi connectivity index (χ4n) is 3.48. The highest BCUT2D eigenvalue weighted by atomic mass is 32.2. The molecule has 4 amide bonds. The van der Waals surface area contributed by atoms with Gasteiger partial charge in [0.15, 0.2) is 0 Å². The maximum Gasteiger partial charge on any atom is 0.319 e. The molecule has 1 aliphatic heterocycles. The van der Waals surface area contributed by atoms with Gasteiger partial charge in [0.05, 0.1) is 21.7 Å². The van der Waals surface area contributed by atoms with Gasteiger partial charge in [-0.15, -0.1) is 0 Å². The summed E-state index contributed by atoms with van der Waals surface area (Å²) in [7, 11) is 0. The number of nitrogens with zero attached hydrogens (tertiary/aromatic N) is 2. The van der Waals surface area contributed by atoms with Crippen molar-refractivity contribution in [2.45, 2.75) is 16.2 Å². The van der Waals surface area contributed by atoms with E-state index < -0.39 is 22.8 Å². The average Bonchev–Trinajstić information content (AvgIpc) is 3.08. The minimum absolute atomic E-state index is 0.0254. The topological polar surface area (TPSA) is 122 Å². The zero-order chi connectivity index (χ0) is 24.1. The van der Waals surface area contributed by atoms with Gasteiger partial charge in [0.1, 0.15) is 0 Å². The molecule has 0 radical (unpaired) electrons. The van der Waals surface area contributed by atoms with Crippen LogP contribution in [0.4, 0.5) is 16.2 Å². The van der Waals surface area contributed by atoms with Crippen LogP contribution >= 0.6 is 11.8 Å². The smallest absolute Gasteiger partial charge is 0.319 e. The van der Waals surface area contributed by atoms with Crippen molar-refractivity contribution in [1.82, 2.24) is 10.2 Å². The van der Waals surface area contributed by atoms with Crippen molar-refractivity contribution < 1.29 is 19.3 Å². The predicted molar refractivity (Wildman–Crippen MR) is 127 cm³/mol. The first kappa shape index (κ1) is 23.0. The lowest BCUT2D eigenvalue weighted by Gasteiger charge is -2.14. The van der Waals surface area contributed by atoms with Crippen molar-refractivity contribution >= 4 is 41.0 Å². The third-order valence-corrected chi connectivity index (χ3v) is 6.20. The number of rotatable bonds is 8. The van der Waals surface area contributed by atoms with Gasteiger partial charge >= 0.3 is 6.03 Å². The Morgan fingerprint density at radius 3 is 2.41 bits per heavy atom. The van der Waals surface area contributed by atoms with Crippen LogP contribution in [-0.4, -0.2) is 40.8 Å². The van der Waals surface area contributed by atoms with Gasteiger partial charge in [-0.05, 0) is 36.8 Å². The zero-order valence-electron chi connectivity index (χ0n) is 17.9. The quantitative estimate of drug-likeness (QED) is 0.213. The van der Waals surface area contributed by atoms with Crippen LogP contribution in [0.5, 0.6) is 0 Å². The summed E-state index contributed by atoms with van der Waals surface area (Å²) in [6.07, 6.45) is 0.335. The molecule has 3 aromatic rings. The Morgan fingerprint density at radius 2 is 1.65 bits per heavy atom. The van der Waals surface area contributed by atoms with Gasteiger partial charge in [0, 0.05) is 35.0 Å². The first-order chi connectivity index (χ1) is 16.4. The summed E-state index contributed by atoms with van der Waals surface area (Å²) in [4.78, 5) is 50.7.